The number of rotatable bonds is 3. The Morgan fingerprint density at radius 1 is 1.16 bits per heavy atom. The van der Waals surface area contributed by atoms with Crippen molar-refractivity contribution >= 4 is 11.9 Å². The second-order valence-electron chi connectivity index (χ2n) is 3.31. The van der Waals surface area contributed by atoms with Crippen LogP contribution in [-0.2, 0) is 20.4 Å². The van der Waals surface area contributed by atoms with Crippen LogP contribution in [0, 0.1) is 0 Å². The molecule has 1 aromatic rings. The van der Waals surface area contributed by atoms with Gasteiger partial charge in [-0.15, -0.1) is 0 Å². The number of ether oxygens (including phenoxy) is 2. The molecule has 0 radical (unpaired) electrons. The van der Waals surface area contributed by atoms with E-state index in [4.69, 9.17) is 0 Å². The van der Waals surface area contributed by atoms with Crippen molar-refractivity contribution < 1.29 is 32.2 Å². The summed E-state index contributed by atoms with van der Waals surface area (Å²) in [6, 6.07) is 3.50. The summed E-state index contributed by atoms with van der Waals surface area (Å²) in [4.78, 5) is 22.0. The van der Waals surface area contributed by atoms with Gasteiger partial charge in [-0.3, -0.25) is 0 Å². The molecular formula is C12H9F3O4. The Kier molecular flexibility index (Phi) is 4.68. The Morgan fingerprint density at radius 2 is 1.74 bits per heavy atom. The highest BCUT2D eigenvalue weighted by Crippen LogP contribution is 2.29. The molecule has 0 amide bonds. The highest BCUT2D eigenvalue weighted by Gasteiger charge is 2.30. The van der Waals surface area contributed by atoms with Crippen molar-refractivity contribution in [1.82, 2.24) is 0 Å². The fourth-order valence-electron chi connectivity index (χ4n) is 1.08. The van der Waals surface area contributed by atoms with Crippen LogP contribution in [0.2, 0.25) is 0 Å². The summed E-state index contributed by atoms with van der Waals surface area (Å²) in [6.45, 7) is 0. The van der Waals surface area contributed by atoms with Crippen molar-refractivity contribution in [2.24, 2.45) is 0 Å². The van der Waals surface area contributed by atoms with Gasteiger partial charge < -0.3 is 9.47 Å². The first-order valence-corrected chi connectivity index (χ1v) is 4.97. The maximum absolute atomic E-state index is 12.3. The third-order valence-corrected chi connectivity index (χ3v) is 2.03. The van der Waals surface area contributed by atoms with E-state index >= 15 is 0 Å². The maximum atomic E-state index is 12.3. The number of benzene rings is 1. The largest absolute Gasteiger partial charge is 0.466 e. The predicted molar refractivity (Wildman–Crippen MR) is 58.0 cm³/mol. The normalized spacial score (nSPS) is 11.4. The second-order valence-corrected chi connectivity index (χ2v) is 3.31. The molecule has 0 atom stereocenters. The number of halogens is 3. The molecule has 4 nitrogen and oxygen atoms in total. The van der Waals surface area contributed by atoms with Gasteiger partial charge in [0.1, 0.15) is 6.26 Å². The molecule has 0 fully saturated rings. The average molecular weight is 274 g/mol. The summed E-state index contributed by atoms with van der Waals surface area (Å²) in [5.41, 5.74) is -0.934. The number of hydrogen-bond acceptors (Lipinski definition) is 4. The SMILES string of the molecule is COC(=O)/C=C/OC(=O)c1ccc(C(F)(F)F)cc1. The summed E-state index contributed by atoms with van der Waals surface area (Å²) >= 11 is 0. The van der Waals surface area contributed by atoms with Gasteiger partial charge in [-0.25, -0.2) is 9.59 Å². The number of esters is 2. The molecule has 0 aliphatic carbocycles. The highest BCUT2D eigenvalue weighted by molar-refractivity contribution is 5.90. The van der Waals surface area contributed by atoms with Crippen LogP contribution in [-0.4, -0.2) is 19.0 Å². The molecule has 0 bridgehead atoms. The quantitative estimate of drug-likeness (QED) is 0.483. The standard InChI is InChI=1S/C12H9F3O4/c1-18-10(16)6-7-19-11(17)8-2-4-9(5-3-8)12(13,14)15/h2-7H,1H3/b7-6+. The summed E-state index contributed by atoms with van der Waals surface area (Å²) in [5.74, 6) is -1.60. The van der Waals surface area contributed by atoms with Crippen molar-refractivity contribution in [2.45, 2.75) is 6.18 Å². The van der Waals surface area contributed by atoms with Gasteiger partial charge in [0.15, 0.2) is 0 Å². The van der Waals surface area contributed by atoms with Crippen LogP contribution in [0.4, 0.5) is 13.2 Å². The van der Waals surface area contributed by atoms with Gasteiger partial charge in [0.2, 0.25) is 0 Å². The monoisotopic (exact) mass is 274 g/mol. The van der Waals surface area contributed by atoms with Crippen LogP contribution in [0.15, 0.2) is 36.6 Å². The van der Waals surface area contributed by atoms with Crippen molar-refractivity contribution in [3.8, 4) is 0 Å². The first-order chi connectivity index (χ1) is 8.84. The lowest BCUT2D eigenvalue weighted by Gasteiger charge is -2.06. The molecule has 0 saturated carbocycles. The first kappa shape index (κ1) is 14.7. The number of carbonyl (C=O) groups is 2. The number of hydrogen-bond donors (Lipinski definition) is 0. The van der Waals surface area contributed by atoms with E-state index in [9.17, 15) is 22.8 Å². The minimum Gasteiger partial charge on any atom is -0.466 e. The van der Waals surface area contributed by atoms with E-state index in [1.165, 1.54) is 0 Å². The van der Waals surface area contributed by atoms with Crippen LogP contribution < -0.4 is 0 Å². The van der Waals surface area contributed by atoms with Crippen molar-refractivity contribution in [2.75, 3.05) is 7.11 Å². The van der Waals surface area contributed by atoms with Crippen LogP contribution in [0.25, 0.3) is 0 Å². The Labute approximate surface area is 106 Å². The molecule has 0 spiro atoms. The highest BCUT2D eigenvalue weighted by atomic mass is 19.4. The molecule has 0 aliphatic heterocycles. The van der Waals surface area contributed by atoms with Gasteiger partial charge in [-0.05, 0) is 24.3 Å². The number of alkyl halides is 3. The summed E-state index contributed by atoms with van der Waals surface area (Å²) in [7, 11) is 1.14. The lowest BCUT2D eigenvalue weighted by molar-refractivity contribution is -0.137. The minimum absolute atomic E-state index is 0.0671. The Hall–Kier alpha value is -2.31. The first-order valence-electron chi connectivity index (χ1n) is 4.97. The lowest BCUT2D eigenvalue weighted by Crippen LogP contribution is -2.06. The third-order valence-electron chi connectivity index (χ3n) is 2.03. The molecule has 19 heavy (non-hydrogen) atoms. The van der Waals surface area contributed by atoms with Crippen molar-refractivity contribution in [3.63, 3.8) is 0 Å². The van der Waals surface area contributed by atoms with Gasteiger partial charge in [-0.2, -0.15) is 13.2 Å². The van der Waals surface area contributed by atoms with Crippen LogP contribution in [0.1, 0.15) is 15.9 Å². The molecule has 0 unspecified atom stereocenters. The predicted octanol–water partition coefficient (Wildman–Crippen LogP) is 2.55. The van der Waals surface area contributed by atoms with Gasteiger partial charge in [-0.1, -0.05) is 0 Å². The summed E-state index contributed by atoms with van der Waals surface area (Å²) in [6.07, 6.45) is -2.80. The molecule has 0 aliphatic rings. The van der Waals surface area contributed by atoms with E-state index < -0.39 is 23.7 Å². The van der Waals surface area contributed by atoms with E-state index in [2.05, 4.69) is 9.47 Å². The van der Waals surface area contributed by atoms with Crippen LogP contribution >= 0.6 is 0 Å². The molecule has 7 heteroatoms. The number of methoxy groups -OCH3 is 1. The van der Waals surface area contributed by atoms with E-state index in [0.717, 1.165) is 43.7 Å². The molecule has 0 aromatic heterocycles. The van der Waals surface area contributed by atoms with Crippen LogP contribution in [0.5, 0.6) is 0 Å². The zero-order chi connectivity index (χ0) is 14.5. The Balaban J connectivity index is 2.69. The minimum atomic E-state index is -4.47. The zero-order valence-electron chi connectivity index (χ0n) is 9.73. The molecule has 0 N–H and O–H groups in total. The molecular weight excluding hydrogens is 265 g/mol. The van der Waals surface area contributed by atoms with E-state index in [1.807, 2.05) is 0 Å². The van der Waals surface area contributed by atoms with Crippen molar-refractivity contribution in [3.05, 3.63) is 47.7 Å². The zero-order valence-corrected chi connectivity index (χ0v) is 9.73. The van der Waals surface area contributed by atoms with Gasteiger partial charge >= 0.3 is 18.1 Å². The molecule has 1 aromatic carbocycles. The summed E-state index contributed by atoms with van der Waals surface area (Å²) < 4.78 is 45.6. The molecule has 0 heterocycles. The van der Waals surface area contributed by atoms with Gasteiger partial charge in [0, 0.05) is 0 Å². The van der Waals surface area contributed by atoms with Gasteiger partial charge in [0.25, 0.3) is 0 Å². The van der Waals surface area contributed by atoms with Crippen LogP contribution in [0.3, 0.4) is 0 Å². The Morgan fingerprint density at radius 3 is 2.21 bits per heavy atom. The average Bonchev–Trinajstić information content (AvgIpc) is 2.37. The lowest BCUT2D eigenvalue weighted by atomic mass is 10.1. The Bertz CT molecular complexity index is 489. The fourth-order valence-corrected chi connectivity index (χ4v) is 1.08. The van der Waals surface area contributed by atoms with Crippen molar-refractivity contribution in [1.29, 1.82) is 0 Å². The van der Waals surface area contributed by atoms with E-state index in [-0.39, 0.29) is 5.56 Å². The molecule has 102 valence electrons. The molecule has 1 rings (SSSR count). The fraction of sp³-hybridized carbons (Fsp3) is 0.167. The third kappa shape index (κ3) is 4.46. The topological polar surface area (TPSA) is 52.6 Å². The van der Waals surface area contributed by atoms with E-state index in [1.54, 1.807) is 0 Å². The number of carbonyl (C=O) groups excluding carboxylic acids is 2. The van der Waals surface area contributed by atoms with Gasteiger partial charge in [0.05, 0.1) is 24.3 Å². The molecule has 0 saturated heterocycles. The second kappa shape index (κ2) is 6.03. The smallest absolute Gasteiger partial charge is 0.416 e. The summed E-state index contributed by atoms with van der Waals surface area (Å²) in [5, 5.41) is 0. The van der Waals surface area contributed by atoms with E-state index in [0.29, 0.717) is 0 Å². The maximum Gasteiger partial charge on any atom is 0.416 e.